The van der Waals surface area contributed by atoms with Gasteiger partial charge in [0.2, 0.25) is 0 Å². The Morgan fingerprint density at radius 1 is 1.00 bits per heavy atom. The molecule has 132 valence electrons. The summed E-state index contributed by atoms with van der Waals surface area (Å²) in [7, 11) is 0. The Balaban J connectivity index is 1.79. The highest BCUT2D eigenvalue weighted by Gasteiger charge is 2.50. The summed E-state index contributed by atoms with van der Waals surface area (Å²) in [6.07, 6.45) is 15.2. The zero-order valence-corrected chi connectivity index (χ0v) is 15.5. The zero-order valence-electron chi connectivity index (χ0n) is 15.5. The molecule has 0 heterocycles. The summed E-state index contributed by atoms with van der Waals surface area (Å²) >= 11 is 0. The minimum Gasteiger partial charge on any atom is -0.458 e. The Kier molecular flexibility index (Phi) is 5.09. The van der Waals surface area contributed by atoms with E-state index in [1.54, 1.807) is 0 Å². The Bertz CT molecular complexity index is 422. The van der Waals surface area contributed by atoms with Gasteiger partial charge in [0, 0.05) is 0 Å². The van der Waals surface area contributed by atoms with Gasteiger partial charge in [-0.2, -0.15) is 0 Å². The van der Waals surface area contributed by atoms with E-state index in [4.69, 9.17) is 4.74 Å². The molecule has 3 aliphatic carbocycles. The lowest BCUT2D eigenvalue weighted by atomic mass is 9.62. The van der Waals surface area contributed by atoms with Crippen LogP contribution in [-0.4, -0.2) is 11.6 Å². The van der Waals surface area contributed by atoms with Crippen LogP contribution in [0.5, 0.6) is 0 Å². The Morgan fingerprint density at radius 3 is 2.26 bits per heavy atom. The van der Waals surface area contributed by atoms with Crippen LogP contribution in [0.25, 0.3) is 0 Å². The average molecular weight is 321 g/mol. The van der Waals surface area contributed by atoms with Crippen LogP contribution >= 0.6 is 0 Å². The third-order valence-corrected chi connectivity index (χ3v) is 7.44. The fraction of sp³-hybridized carbons (Fsp3) is 0.952. The predicted octanol–water partition coefficient (Wildman–Crippen LogP) is 5.89. The maximum atomic E-state index is 12.9. The molecule has 0 aromatic carbocycles. The number of rotatable bonds is 4. The van der Waals surface area contributed by atoms with Gasteiger partial charge in [0.25, 0.3) is 0 Å². The van der Waals surface area contributed by atoms with Crippen molar-refractivity contribution in [1.82, 2.24) is 0 Å². The van der Waals surface area contributed by atoms with Gasteiger partial charge in [-0.1, -0.05) is 45.4 Å². The van der Waals surface area contributed by atoms with Crippen LogP contribution in [0.3, 0.4) is 0 Å². The van der Waals surface area contributed by atoms with Crippen molar-refractivity contribution in [2.45, 2.75) is 103 Å². The molecule has 3 atom stereocenters. The smallest absolute Gasteiger partial charge is 0.312 e. The second kappa shape index (κ2) is 6.76. The average Bonchev–Trinajstić information content (AvgIpc) is 3.10. The molecular formula is C21H36O2. The molecule has 0 aliphatic heterocycles. The maximum absolute atomic E-state index is 12.9. The second-order valence-electron chi connectivity index (χ2n) is 9.22. The summed E-state index contributed by atoms with van der Waals surface area (Å²) in [5, 5.41) is 0. The van der Waals surface area contributed by atoms with Gasteiger partial charge in [0.15, 0.2) is 0 Å². The van der Waals surface area contributed by atoms with Gasteiger partial charge in [0.1, 0.15) is 5.60 Å². The molecule has 2 heteroatoms. The third-order valence-electron chi connectivity index (χ3n) is 7.44. The highest BCUT2D eigenvalue weighted by molar-refractivity contribution is 5.76. The van der Waals surface area contributed by atoms with Crippen LogP contribution in [0.1, 0.15) is 97.8 Å². The van der Waals surface area contributed by atoms with Crippen molar-refractivity contribution in [3.63, 3.8) is 0 Å². The summed E-state index contributed by atoms with van der Waals surface area (Å²) in [6, 6.07) is 0. The van der Waals surface area contributed by atoms with Crippen LogP contribution in [0.15, 0.2) is 0 Å². The summed E-state index contributed by atoms with van der Waals surface area (Å²) < 4.78 is 6.43. The molecule has 3 rings (SSSR count). The van der Waals surface area contributed by atoms with E-state index in [1.165, 1.54) is 57.8 Å². The summed E-state index contributed by atoms with van der Waals surface area (Å²) in [6.45, 7) is 6.19. The number of hydrogen-bond donors (Lipinski definition) is 0. The SMILES string of the molecule is CCC(C)(C)C(=O)OC1(C2CCCC2)CCC2CCCCC2C1. The number of carbonyl (C=O) groups excluding carboxylic acids is 1. The first kappa shape index (κ1) is 17.3. The van der Waals surface area contributed by atoms with E-state index in [1.807, 2.05) is 13.8 Å². The van der Waals surface area contributed by atoms with E-state index >= 15 is 0 Å². The zero-order chi connectivity index (χ0) is 16.5. The van der Waals surface area contributed by atoms with Crippen LogP contribution < -0.4 is 0 Å². The minimum atomic E-state index is -0.338. The van der Waals surface area contributed by atoms with Crippen LogP contribution in [-0.2, 0) is 9.53 Å². The summed E-state index contributed by atoms with van der Waals surface area (Å²) in [4.78, 5) is 12.9. The molecule has 3 aliphatic rings. The van der Waals surface area contributed by atoms with Gasteiger partial charge in [-0.05, 0) is 70.1 Å². The van der Waals surface area contributed by atoms with Crippen molar-refractivity contribution in [2.75, 3.05) is 0 Å². The lowest BCUT2D eigenvalue weighted by molar-refractivity contribution is -0.187. The van der Waals surface area contributed by atoms with Crippen LogP contribution in [0.2, 0.25) is 0 Å². The van der Waals surface area contributed by atoms with Gasteiger partial charge in [-0.25, -0.2) is 0 Å². The van der Waals surface area contributed by atoms with E-state index < -0.39 is 0 Å². The molecule has 3 fully saturated rings. The standard InChI is InChI=1S/C21H36O2/c1-4-20(2,3)19(22)23-21(18-11-7-8-12-18)14-13-16-9-5-6-10-17(16)15-21/h16-18H,4-15H2,1-3H3. The van der Waals surface area contributed by atoms with Gasteiger partial charge in [-0.15, -0.1) is 0 Å². The Labute approximate surface area is 142 Å². The molecule has 0 amide bonds. The van der Waals surface area contributed by atoms with Crippen molar-refractivity contribution in [3.8, 4) is 0 Å². The van der Waals surface area contributed by atoms with E-state index in [9.17, 15) is 4.79 Å². The molecule has 3 unspecified atom stereocenters. The lowest BCUT2D eigenvalue weighted by Gasteiger charge is -2.49. The first-order valence-electron chi connectivity index (χ1n) is 10.2. The van der Waals surface area contributed by atoms with Crippen molar-refractivity contribution in [1.29, 1.82) is 0 Å². The normalized spacial score (nSPS) is 35.8. The third kappa shape index (κ3) is 3.46. The van der Waals surface area contributed by atoms with Gasteiger partial charge < -0.3 is 4.74 Å². The molecule has 23 heavy (non-hydrogen) atoms. The predicted molar refractivity (Wildman–Crippen MR) is 94.2 cm³/mol. The quantitative estimate of drug-likeness (QED) is 0.604. The molecule has 0 N–H and O–H groups in total. The number of hydrogen-bond acceptors (Lipinski definition) is 2. The summed E-state index contributed by atoms with van der Waals surface area (Å²) in [5.74, 6) is 2.41. The molecule has 0 radical (unpaired) electrons. The Morgan fingerprint density at radius 2 is 1.61 bits per heavy atom. The monoisotopic (exact) mass is 320 g/mol. The molecule has 3 saturated carbocycles. The topological polar surface area (TPSA) is 26.3 Å². The fourth-order valence-electron chi connectivity index (χ4n) is 5.37. The number of carbonyl (C=O) groups is 1. The first-order valence-corrected chi connectivity index (χ1v) is 10.2. The second-order valence-corrected chi connectivity index (χ2v) is 9.22. The first-order chi connectivity index (χ1) is 11.0. The molecule has 0 aromatic rings. The van der Waals surface area contributed by atoms with Crippen molar-refractivity contribution < 1.29 is 9.53 Å². The van der Waals surface area contributed by atoms with E-state index in [2.05, 4.69) is 6.92 Å². The number of esters is 1. The highest BCUT2D eigenvalue weighted by Crippen LogP contribution is 2.52. The molecular weight excluding hydrogens is 284 g/mol. The number of ether oxygens (including phenoxy) is 1. The molecule has 0 spiro atoms. The lowest BCUT2D eigenvalue weighted by Crippen LogP contribution is -2.50. The van der Waals surface area contributed by atoms with Gasteiger partial charge >= 0.3 is 5.97 Å². The van der Waals surface area contributed by atoms with E-state index in [0.717, 1.165) is 31.1 Å². The maximum Gasteiger partial charge on any atom is 0.312 e. The number of fused-ring (bicyclic) bond motifs is 1. The minimum absolute atomic E-state index is 0.0566. The fourth-order valence-corrected chi connectivity index (χ4v) is 5.37. The van der Waals surface area contributed by atoms with E-state index in [-0.39, 0.29) is 17.0 Å². The highest BCUT2D eigenvalue weighted by atomic mass is 16.6. The van der Waals surface area contributed by atoms with Crippen molar-refractivity contribution in [2.24, 2.45) is 23.2 Å². The van der Waals surface area contributed by atoms with Crippen molar-refractivity contribution in [3.05, 3.63) is 0 Å². The molecule has 0 aromatic heterocycles. The molecule has 0 saturated heterocycles. The summed E-state index contributed by atoms with van der Waals surface area (Å²) in [5.41, 5.74) is -0.465. The van der Waals surface area contributed by atoms with Gasteiger partial charge in [-0.3, -0.25) is 4.79 Å². The molecule has 2 nitrogen and oxygen atoms in total. The van der Waals surface area contributed by atoms with Crippen LogP contribution in [0.4, 0.5) is 0 Å². The molecule has 0 bridgehead atoms. The Hall–Kier alpha value is -0.530. The largest absolute Gasteiger partial charge is 0.458 e. The van der Waals surface area contributed by atoms with Crippen LogP contribution in [0, 0.1) is 23.2 Å². The van der Waals surface area contributed by atoms with Crippen molar-refractivity contribution >= 4 is 5.97 Å². The van der Waals surface area contributed by atoms with Gasteiger partial charge in [0.05, 0.1) is 5.41 Å². The van der Waals surface area contributed by atoms with E-state index in [0.29, 0.717) is 5.92 Å².